The van der Waals surface area contributed by atoms with E-state index in [9.17, 15) is 19.1 Å². The maximum atomic E-state index is 13.7. The lowest BCUT2D eigenvalue weighted by Gasteiger charge is -2.45. The van der Waals surface area contributed by atoms with Crippen molar-refractivity contribution in [2.45, 2.75) is 29.7 Å². The summed E-state index contributed by atoms with van der Waals surface area (Å²) in [5.74, 6) is -0.538. The van der Waals surface area contributed by atoms with Crippen molar-refractivity contribution in [3.8, 4) is 5.75 Å². The fourth-order valence-corrected chi connectivity index (χ4v) is 5.84. The van der Waals surface area contributed by atoms with E-state index in [0.29, 0.717) is 10.8 Å². The van der Waals surface area contributed by atoms with Gasteiger partial charge in [-0.25, -0.2) is 4.39 Å². The first-order valence-electron chi connectivity index (χ1n) is 10.5. The van der Waals surface area contributed by atoms with Gasteiger partial charge in [0.2, 0.25) is 5.43 Å². The molecule has 3 heterocycles. The van der Waals surface area contributed by atoms with Crippen LogP contribution in [0.25, 0.3) is 0 Å². The highest BCUT2D eigenvalue weighted by atomic mass is 35.5. The Morgan fingerprint density at radius 1 is 1.18 bits per heavy atom. The molecule has 2 atom stereocenters. The first kappa shape index (κ1) is 21.9. The molecule has 5 rings (SSSR count). The zero-order valence-corrected chi connectivity index (χ0v) is 19.3. The highest BCUT2D eigenvalue weighted by Gasteiger charge is 2.40. The summed E-state index contributed by atoms with van der Waals surface area (Å²) in [5, 5.41) is 13.0. The smallest absolute Gasteiger partial charge is 0.278 e. The molecule has 1 aromatic heterocycles. The number of fused-ring (bicyclic) bond motifs is 3. The lowest BCUT2D eigenvalue weighted by atomic mass is 9.94. The number of benzene rings is 2. The summed E-state index contributed by atoms with van der Waals surface area (Å²) < 4.78 is 15.2. The average molecular weight is 486 g/mol. The van der Waals surface area contributed by atoms with Gasteiger partial charge in [-0.15, -0.1) is 11.8 Å². The Bertz CT molecular complexity index is 1310. The number of hydrogen-bond donors (Lipinski definition) is 1. The Labute approximate surface area is 199 Å². The third-order valence-corrected chi connectivity index (χ3v) is 7.63. The Morgan fingerprint density at radius 2 is 1.97 bits per heavy atom. The summed E-state index contributed by atoms with van der Waals surface area (Å²) in [7, 11) is 0. The van der Waals surface area contributed by atoms with E-state index >= 15 is 0 Å². The molecule has 0 spiro atoms. The Balaban J connectivity index is 1.80. The van der Waals surface area contributed by atoms with Crippen LogP contribution in [-0.4, -0.2) is 40.0 Å². The van der Waals surface area contributed by atoms with Gasteiger partial charge in [0, 0.05) is 33.5 Å². The number of nitrogens with zero attached hydrogens (tertiary/aromatic N) is 3. The van der Waals surface area contributed by atoms with Crippen molar-refractivity contribution in [1.82, 2.24) is 9.58 Å². The van der Waals surface area contributed by atoms with Gasteiger partial charge in [-0.2, -0.15) is 0 Å². The van der Waals surface area contributed by atoms with Gasteiger partial charge in [-0.05, 0) is 30.2 Å². The lowest BCUT2D eigenvalue weighted by Crippen LogP contribution is -2.58. The summed E-state index contributed by atoms with van der Waals surface area (Å²) in [6.45, 7) is 0.890. The van der Waals surface area contributed by atoms with Gasteiger partial charge in [0.05, 0.1) is 6.04 Å². The molecule has 170 valence electrons. The summed E-state index contributed by atoms with van der Waals surface area (Å²) in [4.78, 5) is 27.8. The third kappa shape index (κ3) is 3.48. The number of hydrogen-bond acceptors (Lipinski definition) is 5. The van der Waals surface area contributed by atoms with E-state index in [1.54, 1.807) is 18.7 Å². The van der Waals surface area contributed by atoms with Gasteiger partial charge in [0.25, 0.3) is 5.91 Å². The summed E-state index contributed by atoms with van der Waals surface area (Å²) in [6, 6.07) is 13.7. The molecule has 3 aromatic rings. The van der Waals surface area contributed by atoms with Crippen LogP contribution in [0.3, 0.4) is 0 Å². The topological polar surface area (TPSA) is 65.8 Å². The Morgan fingerprint density at radius 3 is 2.76 bits per heavy atom. The van der Waals surface area contributed by atoms with Crippen LogP contribution in [0.1, 0.15) is 40.1 Å². The van der Waals surface area contributed by atoms with Crippen molar-refractivity contribution in [2.75, 3.05) is 18.4 Å². The second-order valence-corrected chi connectivity index (χ2v) is 9.55. The van der Waals surface area contributed by atoms with Gasteiger partial charge < -0.3 is 10.0 Å². The number of amides is 1. The van der Waals surface area contributed by atoms with Crippen LogP contribution in [0.4, 0.5) is 4.39 Å². The van der Waals surface area contributed by atoms with Crippen LogP contribution in [0.15, 0.2) is 64.4 Å². The van der Waals surface area contributed by atoms with Gasteiger partial charge >= 0.3 is 0 Å². The maximum Gasteiger partial charge on any atom is 0.278 e. The van der Waals surface area contributed by atoms with E-state index in [2.05, 4.69) is 0 Å². The summed E-state index contributed by atoms with van der Waals surface area (Å²) in [6.07, 6.45) is 1.48. The number of thioether (sulfide) groups is 1. The second kappa shape index (κ2) is 8.43. The molecule has 0 saturated carbocycles. The fraction of sp³-hybridized carbons (Fsp3) is 0.250. The molecule has 0 bridgehead atoms. The van der Waals surface area contributed by atoms with Crippen molar-refractivity contribution in [2.24, 2.45) is 0 Å². The van der Waals surface area contributed by atoms with Crippen molar-refractivity contribution >= 4 is 29.3 Å². The normalized spacial score (nSPS) is 18.3. The lowest BCUT2D eigenvalue weighted by molar-refractivity contribution is 0.0576. The number of carbonyl (C=O) groups excluding carboxylic acids is 1. The molecule has 0 fully saturated rings. The van der Waals surface area contributed by atoms with E-state index < -0.39 is 35.8 Å². The standard InChI is InChI=1S/C24H21ClFN3O3S/c1-14(11-26)27-13-29(28-10-9-18(30)23(31)22(28)24(27)32)21-16-6-2-3-8-19(16)33-12-15-5-4-7-17(25)20(15)21/h2-10,14,21,31H,11-13H2,1H3/t14-,21-/m0/s1. The van der Waals surface area contributed by atoms with E-state index in [-0.39, 0.29) is 12.4 Å². The van der Waals surface area contributed by atoms with Crippen LogP contribution in [0.5, 0.6) is 5.75 Å². The van der Waals surface area contributed by atoms with E-state index in [1.807, 2.05) is 47.5 Å². The first-order chi connectivity index (χ1) is 15.9. The predicted octanol–water partition coefficient (Wildman–Crippen LogP) is 4.31. The fourth-order valence-electron chi connectivity index (χ4n) is 4.46. The van der Waals surface area contributed by atoms with Crippen molar-refractivity contribution in [3.05, 3.63) is 92.4 Å². The SMILES string of the molecule is C[C@@H](CF)N1CN([C@H]2c3ccccc3SCc3cccc(Cl)c32)n2ccc(=O)c(O)c2C1=O. The van der Waals surface area contributed by atoms with Crippen LogP contribution in [0, 0.1) is 0 Å². The van der Waals surface area contributed by atoms with Crippen molar-refractivity contribution in [1.29, 1.82) is 0 Å². The molecule has 9 heteroatoms. The summed E-state index contributed by atoms with van der Waals surface area (Å²) >= 11 is 8.44. The van der Waals surface area contributed by atoms with Gasteiger partial charge in [0.1, 0.15) is 19.4 Å². The number of carbonyl (C=O) groups is 1. The number of alkyl halides is 1. The molecule has 2 aliphatic rings. The first-order valence-corrected chi connectivity index (χ1v) is 11.9. The molecule has 2 aromatic carbocycles. The molecular formula is C24H21ClFN3O3S. The zero-order chi connectivity index (χ0) is 23.3. The average Bonchev–Trinajstić information content (AvgIpc) is 2.99. The molecule has 1 amide bonds. The minimum Gasteiger partial charge on any atom is -0.502 e. The number of halogens is 2. The molecule has 0 saturated heterocycles. The number of rotatable bonds is 3. The van der Waals surface area contributed by atoms with Crippen molar-refractivity contribution < 1.29 is 14.3 Å². The molecule has 33 heavy (non-hydrogen) atoms. The Kier molecular flexibility index (Phi) is 5.58. The van der Waals surface area contributed by atoms with Gasteiger partial charge in [-0.3, -0.25) is 19.3 Å². The van der Waals surface area contributed by atoms with Gasteiger partial charge in [-0.1, -0.05) is 41.9 Å². The number of aromatic nitrogens is 1. The molecule has 2 aliphatic heterocycles. The molecule has 0 radical (unpaired) electrons. The summed E-state index contributed by atoms with van der Waals surface area (Å²) in [5.41, 5.74) is 2.04. The zero-order valence-electron chi connectivity index (χ0n) is 17.7. The van der Waals surface area contributed by atoms with E-state index in [0.717, 1.165) is 21.6 Å². The molecule has 0 aliphatic carbocycles. The molecule has 0 unspecified atom stereocenters. The quantitative estimate of drug-likeness (QED) is 0.599. The van der Waals surface area contributed by atoms with Crippen LogP contribution >= 0.6 is 23.4 Å². The third-order valence-electron chi connectivity index (χ3n) is 6.16. The van der Waals surface area contributed by atoms with Gasteiger partial charge in [0.15, 0.2) is 11.4 Å². The van der Waals surface area contributed by atoms with E-state index in [4.69, 9.17) is 11.6 Å². The second-order valence-electron chi connectivity index (χ2n) is 8.12. The largest absolute Gasteiger partial charge is 0.502 e. The number of pyridine rings is 1. The molecule has 6 nitrogen and oxygen atoms in total. The number of aromatic hydroxyl groups is 1. The monoisotopic (exact) mass is 485 g/mol. The Hall–Kier alpha value is -2.97. The van der Waals surface area contributed by atoms with Crippen LogP contribution in [0.2, 0.25) is 5.02 Å². The highest BCUT2D eigenvalue weighted by molar-refractivity contribution is 7.98. The molecule has 1 N–H and O–H groups in total. The highest BCUT2D eigenvalue weighted by Crippen LogP contribution is 2.45. The van der Waals surface area contributed by atoms with Crippen molar-refractivity contribution in [3.63, 3.8) is 0 Å². The maximum absolute atomic E-state index is 13.7. The predicted molar refractivity (Wildman–Crippen MR) is 126 cm³/mol. The minimum atomic E-state index is -0.758. The van der Waals surface area contributed by atoms with Crippen LogP contribution < -0.4 is 10.4 Å². The molecular weight excluding hydrogens is 465 g/mol. The minimum absolute atomic E-state index is 0.0492. The van der Waals surface area contributed by atoms with E-state index in [1.165, 1.54) is 21.8 Å². The van der Waals surface area contributed by atoms with Crippen LogP contribution in [-0.2, 0) is 5.75 Å².